The average Bonchev–Trinajstić information content (AvgIpc) is 3.08. The van der Waals surface area contributed by atoms with E-state index in [0.29, 0.717) is 11.8 Å². The Kier molecular flexibility index (Phi) is 3.20. The molecule has 0 bridgehead atoms. The van der Waals surface area contributed by atoms with Crippen LogP contribution in [-0.4, -0.2) is 22.2 Å². The van der Waals surface area contributed by atoms with Gasteiger partial charge in [-0.15, -0.1) is 0 Å². The van der Waals surface area contributed by atoms with Crippen LogP contribution in [0.15, 0.2) is 24.3 Å². The molecule has 92 valence electrons. The smallest absolute Gasteiger partial charge is 0.243 e. The Bertz CT molecular complexity index is 413. The van der Waals surface area contributed by atoms with Gasteiger partial charge in [0.2, 0.25) is 5.91 Å². The van der Waals surface area contributed by atoms with Gasteiger partial charge in [-0.3, -0.25) is 10.0 Å². The van der Waals surface area contributed by atoms with E-state index in [1.165, 1.54) is 18.1 Å². The number of aryl methyl sites for hydroxylation is 1. The molecule has 2 rings (SSSR count). The van der Waals surface area contributed by atoms with Gasteiger partial charge in [-0.25, -0.2) is 5.06 Å². The van der Waals surface area contributed by atoms with E-state index in [9.17, 15) is 10.0 Å². The summed E-state index contributed by atoms with van der Waals surface area (Å²) in [5, 5.41) is 10.5. The van der Waals surface area contributed by atoms with Crippen LogP contribution in [0.1, 0.15) is 37.3 Å². The third-order valence-electron chi connectivity index (χ3n) is 3.67. The van der Waals surface area contributed by atoms with Crippen molar-refractivity contribution in [2.75, 3.05) is 0 Å². The van der Waals surface area contributed by atoms with Gasteiger partial charge in [0.05, 0.1) is 6.04 Å². The molecule has 1 aliphatic rings. The molecule has 0 spiro atoms. The monoisotopic (exact) mass is 233 g/mol. The summed E-state index contributed by atoms with van der Waals surface area (Å²) >= 11 is 0. The maximum Gasteiger partial charge on any atom is 0.243 e. The second-order valence-corrected chi connectivity index (χ2v) is 5.02. The predicted molar refractivity (Wildman–Crippen MR) is 65.8 cm³/mol. The number of carbonyl (C=O) groups is 1. The van der Waals surface area contributed by atoms with Gasteiger partial charge in [0.15, 0.2) is 0 Å². The Morgan fingerprint density at radius 1 is 1.41 bits per heavy atom. The molecular formula is C14H19NO2. The zero-order valence-electron chi connectivity index (χ0n) is 10.6. The first-order valence-electron chi connectivity index (χ1n) is 6.06. The number of carbonyl (C=O) groups excluding carboxylic acids is 1. The van der Waals surface area contributed by atoms with E-state index in [0.717, 1.165) is 11.5 Å². The molecule has 3 nitrogen and oxygen atoms in total. The highest BCUT2D eigenvalue weighted by atomic mass is 16.5. The van der Waals surface area contributed by atoms with E-state index < -0.39 is 0 Å². The Balaban J connectivity index is 2.00. The van der Waals surface area contributed by atoms with Gasteiger partial charge < -0.3 is 0 Å². The van der Waals surface area contributed by atoms with Gasteiger partial charge >= 0.3 is 0 Å². The number of hydrogen-bond donors (Lipinski definition) is 1. The number of hydroxylamine groups is 2. The molecule has 0 aromatic heterocycles. The normalized spacial score (nSPS) is 24.2. The van der Waals surface area contributed by atoms with Gasteiger partial charge in [-0.1, -0.05) is 29.8 Å². The Morgan fingerprint density at radius 2 is 2.00 bits per heavy atom. The number of amides is 1. The second-order valence-electron chi connectivity index (χ2n) is 5.02. The molecule has 1 fully saturated rings. The maximum atomic E-state index is 11.1. The largest absolute Gasteiger partial charge is 0.286 e. The van der Waals surface area contributed by atoms with Crippen LogP contribution in [0.4, 0.5) is 0 Å². The van der Waals surface area contributed by atoms with Crippen LogP contribution in [0.5, 0.6) is 0 Å². The summed E-state index contributed by atoms with van der Waals surface area (Å²) in [5.74, 6) is 0.582. The van der Waals surface area contributed by atoms with Crippen molar-refractivity contribution < 1.29 is 10.0 Å². The number of benzene rings is 1. The molecule has 0 aliphatic heterocycles. The van der Waals surface area contributed by atoms with Gasteiger partial charge in [0.25, 0.3) is 0 Å². The van der Waals surface area contributed by atoms with Crippen LogP contribution in [-0.2, 0) is 4.79 Å². The Morgan fingerprint density at radius 3 is 2.53 bits per heavy atom. The summed E-state index contributed by atoms with van der Waals surface area (Å²) in [7, 11) is 0. The molecular weight excluding hydrogens is 214 g/mol. The van der Waals surface area contributed by atoms with Crippen molar-refractivity contribution >= 4 is 5.91 Å². The van der Waals surface area contributed by atoms with Gasteiger partial charge in [-0.2, -0.15) is 0 Å². The Labute approximate surface area is 102 Å². The third-order valence-corrected chi connectivity index (χ3v) is 3.67. The van der Waals surface area contributed by atoms with E-state index in [4.69, 9.17) is 0 Å². The fourth-order valence-corrected chi connectivity index (χ4v) is 2.41. The molecule has 17 heavy (non-hydrogen) atoms. The third kappa shape index (κ3) is 2.50. The summed E-state index contributed by atoms with van der Waals surface area (Å²) in [4.78, 5) is 11.1. The molecule has 0 saturated heterocycles. The summed E-state index contributed by atoms with van der Waals surface area (Å²) in [6.07, 6.45) is 1.05. The van der Waals surface area contributed by atoms with Crippen LogP contribution in [0.2, 0.25) is 0 Å². The lowest BCUT2D eigenvalue weighted by Crippen LogP contribution is -2.35. The summed E-state index contributed by atoms with van der Waals surface area (Å²) in [6.45, 7) is 5.36. The molecule has 3 atom stereocenters. The first-order valence-corrected chi connectivity index (χ1v) is 6.06. The fraction of sp³-hybridized carbons (Fsp3) is 0.500. The summed E-state index contributed by atoms with van der Waals surface area (Å²) < 4.78 is 0. The van der Waals surface area contributed by atoms with E-state index in [2.05, 4.69) is 31.2 Å². The minimum Gasteiger partial charge on any atom is -0.286 e. The van der Waals surface area contributed by atoms with Crippen molar-refractivity contribution in [2.24, 2.45) is 5.92 Å². The minimum absolute atomic E-state index is 0.0983. The van der Waals surface area contributed by atoms with Crippen molar-refractivity contribution in [1.29, 1.82) is 0 Å². The van der Waals surface area contributed by atoms with Crippen molar-refractivity contribution in [1.82, 2.24) is 5.06 Å². The van der Waals surface area contributed by atoms with E-state index in [1.54, 1.807) is 0 Å². The van der Waals surface area contributed by atoms with Crippen molar-refractivity contribution in [3.05, 3.63) is 35.4 Å². The quantitative estimate of drug-likeness (QED) is 0.644. The molecule has 1 N–H and O–H groups in total. The lowest BCUT2D eigenvalue weighted by molar-refractivity contribution is -0.173. The lowest BCUT2D eigenvalue weighted by Gasteiger charge is -2.21. The van der Waals surface area contributed by atoms with Gasteiger partial charge in [0.1, 0.15) is 0 Å². The van der Waals surface area contributed by atoms with Crippen molar-refractivity contribution in [3.63, 3.8) is 0 Å². The highest BCUT2D eigenvalue weighted by Crippen LogP contribution is 2.50. The second kappa shape index (κ2) is 4.49. The van der Waals surface area contributed by atoms with Crippen molar-refractivity contribution in [2.45, 2.75) is 39.2 Å². The van der Waals surface area contributed by atoms with Crippen LogP contribution in [0, 0.1) is 12.8 Å². The van der Waals surface area contributed by atoms with Crippen LogP contribution in [0.25, 0.3) is 0 Å². The molecule has 1 aliphatic carbocycles. The average molecular weight is 233 g/mol. The minimum atomic E-state index is -0.285. The standard InChI is InChI=1S/C14H19NO2/c1-9-4-6-12(7-5-9)14-8-13(14)10(2)15(17)11(3)16/h4-7,10,13-14,17H,8H2,1-3H3/t10?,13-,14-/m0/s1. The zero-order chi connectivity index (χ0) is 12.6. The van der Waals surface area contributed by atoms with Crippen molar-refractivity contribution in [3.8, 4) is 0 Å². The number of hydrogen-bond acceptors (Lipinski definition) is 2. The maximum absolute atomic E-state index is 11.1. The zero-order valence-corrected chi connectivity index (χ0v) is 10.6. The van der Waals surface area contributed by atoms with Crippen LogP contribution in [0.3, 0.4) is 0 Å². The topological polar surface area (TPSA) is 40.5 Å². The van der Waals surface area contributed by atoms with Crippen LogP contribution < -0.4 is 0 Å². The molecule has 1 unspecified atom stereocenters. The van der Waals surface area contributed by atoms with Gasteiger partial charge in [0, 0.05) is 6.92 Å². The fourth-order valence-electron chi connectivity index (χ4n) is 2.41. The van der Waals surface area contributed by atoms with E-state index in [-0.39, 0.29) is 11.9 Å². The number of nitrogens with zero attached hydrogens (tertiary/aromatic N) is 1. The Hall–Kier alpha value is -1.35. The van der Waals surface area contributed by atoms with E-state index in [1.807, 2.05) is 6.92 Å². The molecule has 1 amide bonds. The molecule has 1 saturated carbocycles. The highest BCUT2D eigenvalue weighted by Gasteiger charge is 2.44. The summed E-state index contributed by atoms with van der Waals surface area (Å²) in [5.41, 5.74) is 2.57. The summed E-state index contributed by atoms with van der Waals surface area (Å²) in [6, 6.07) is 8.40. The highest BCUT2D eigenvalue weighted by molar-refractivity contribution is 5.72. The molecule has 1 aromatic rings. The SMILES string of the molecule is CC(=O)N(O)C(C)[C@@H]1C[C@H]1c1ccc(C)cc1. The number of rotatable bonds is 3. The molecule has 1 aromatic carbocycles. The molecule has 0 heterocycles. The van der Waals surface area contributed by atoms with Gasteiger partial charge in [-0.05, 0) is 37.7 Å². The predicted octanol–water partition coefficient (Wildman–Crippen LogP) is 2.72. The van der Waals surface area contributed by atoms with Crippen LogP contribution >= 0.6 is 0 Å². The lowest BCUT2D eigenvalue weighted by atomic mass is 10.0. The van der Waals surface area contributed by atoms with E-state index >= 15 is 0 Å². The molecule has 0 radical (unpaired) electrons. The first kappa shape index (κ1) is 12.1. The molecule has 3 heteroatoms. The first-order chi connectivity index (χ1) is 8.00.